The van der Waals surface area contributed by atoms with Gasteiger partial charge in [0.05, 0.1) is 18.1 Å². The summed E-state index contributed by atoms with van der Waals surface area (Å²) in [7, 11) is 5.85. The normalized spacial score (nSPS) is 16.7. The minimum atomic E-state index is -0.775. The van der Waals surface area contributed by atoms with E-state index in [1.165, 1.54) is 4.90 Å². The van der Waals surface area contributed by atoms with Gasteiger partial charge < -0.3 is 14.7 Å². The minimum Gasteiger partial charge on any atom is -0.427 e. The number of rotatable bonds is 5. The third kappa shape index (κ3) is 4.96. The van der Waals surface area contributed by atoms with E-state index in [4.69, 9.17) is 4.65 Å². The van der Waals surface area contributed by atoms with Crippen molar-refractivity contribution in [3.8, 4) is 0 Å². The molecule has 15 heavy (non-hydrogen) atoms. The number of hydrogen-bond acceptors (Lipinski definition) is 3. The van der Waals surface area contributed by atoms with E-state index in [-0.39, 0.29) is 18.6 Å². The van der Waals surface area contributed by atoms with Gasteiger partial charge in [0.1, 0.15) is 0 Å². The second-order valence-electron chi connectivity index (χ2n) is 4.06. The van der Waals surface area contributed by atoms with Crippen molar-refractivity contribution in [3.63, 3.8) is 0 Å². The van der Waals surface area contributed by atoms with E-state index in [0.717, 1.165) is 0 Å². The zero-order chi connectivity index (χ0) is 12.2. The van der Waals surface area contributed by atoms with Crippen LogP contribution in [0.2, 0.25) is 6.82 Å². The number of hydrogen-bond donors (Lipinski definition) is 1. The van der Waals surface area contributed by atoms with Crippen molar-refractivity contribution in [2.75, 3.05) is 14.1 Å². The Hall–Kier alpha value is -0.115. The topological polar surface area (TPSA) is 49.8 Å². The van der Waals surface area contributed by atoms with Gasteiger partial charge in [-0.1, -0.05) is 13.7 Å². The van der Waals surface area contributed by atoms with Crippen LogP contribution in [0.1, 0.15) is 13.8 Å². The van der Waals surface area contributed by atoms with Crippen LogP contribution in [0.4, 0.5) is 0 Å². The van der Waals surface area contributed by atoms with Crippen molar-refractivity contribution in [1.82, 2.24) is 4.90 Å². The number of carbonyl (C=O) groups is 1. The van der Waals surface area contributed by atoms with E-state index in [0.29, 0.717) is 0 Å². The highest BCUT2D eigenvalue weighted by atomic mass is 31.0. The molecule has 0 saturated heterocycles. The van der Waals surface area contributed by atoms with Crippen LogP contribution in [0.3, 0.4) is 0 Å². The molecule has 0 radical (unpaired) electrons. The molecule has 0 aromatic rings. The van der Waals surface area contributed by atoms with Crippen molar-refractivity contribution in [2.45, 2.75) is 32.9 Å². The Morgan fingerprint density at radius 2 is 1.93 bits per heavy atom. The van der Waals surface area contributed by atoms with Gasteiger partial charge in [-0.05, 0) is 6.92 Å². The molecule has 0 aliphatic carbocycles. The number of nitrogens with zero attached hydrogens (tertiary/aromatic N) is 1. The van der Waals surface area contributed by atoms with E-state index in [1.807, 2.05) is 6.82 Å². The molecule has 0 saturated carbocycles. The molecule has 0 rings (SSSR count). The van der Waals surface area contributed by atoms with Gasteiger partial charge in [0.25, 0.3) is 0 Å². The Labute approximate surface area is 94.6 Å². The summed E-state index contributed by atoms with van der Waals surface area (Å²) in [6.07, 6.45) is -1.13. The van der Waals surface area contributed by atoms with Crippen molar-refractivity contribution >= 4 is 21.7 Å². The maximum Gasteiger partial charge on any atom is 0.312 e. The number of carbonyl (C=O) groups excluding carboxylic acids is 1. The fourth-order valence-corrected chi connectivity index (χ4v) is 1.63. The lowest BCUT2D eigenvalue weighted by molar-refractivity contribution is -0.138. The van der Waals surface area contributed by atoms with Crippen LogP contribution in [-0.4, -0.2) is 48.9 Å². The van der Waals surface area contributed by atoms with Crippen LogP contribution >= 0.6 is 9.12 Å². The van der Waals surface area contributed by atoms with E-state index < -0.39 is 12.0 Å². The van der Waals surface area contributed by atoms with Crippen LogP contribution < -0.4 is 0 Å². The summed E-state index contributed by atoms with van der Waals surface area (Å²) < 4.78 is 5.41. The van der Waals surface area contributed by atoms with Crippen molar-refractivity contribution in [2.24, 2.45) is 5.92 Å². The maximum absolute atomic E-state index is 11.6. The average molecular weight is 233 g/mol. The molecule has 0 heterocycles. The molecule has 88 valence electrons. The van der Waals surface area contributed by atoms with Gasteiger partial charge in [0, 0.05) is 14.1 Å². The van der Waals surface area contributed by atoms with E-state index in [2.05, 4.69) is 9.12 Å². The Bertz CT molecular complexity index is 214. The summed E-state index contributed by atoms with van der Waals surface area (Å²) in [5.74, 6) is -0.534. The van der Waals surface area contributed by atoms with Gasteiger partial charge in [0.2, 0.25) is 5.91 Å². The van der Waals surface area contributed by atoms with Gasteiger partial charge in [-0.3, -0.25) is 4.79 Å². The van der Waals surface area contributed by atoms with Crippen LogP contribution in [0, 0.1) is 5.92 Å². The van der Waals surface area contributed by atoms with E-state index in [9.17, 15) is 9.90 Å². The average Bonchev–Trinajstić information content (AvgIpc) is 2.13. The highest BCUT2D eigenvalue weighted by molar-refractivity contribution is 7.60. The van der Waals surface area contributed by atoms with Crippen LogP contribution in [0.5, 0.6) is 0 Å². The minimum absolute atomic E-state index is 0.0312. The molecule has 4 nitrogen and oxygen atoms in total. The second-order valence-corrected chi connectivity index (χ2v) is 5.00. The fraction of sp³-hybridized carbons (Fsp3) is 0.889. The predicted molar refractivity (Wildman–Crippen MR) is 65.7 cm³/mol. The van der Waals surface area contributed by atoms with Gasteiger partial charge in [0.15, 0.2) is 0 Å². The van der Waals surface area contributed by atoms with Gasteiger partial charge >= 0.3 is 6.64 Å². The smallest absolute Gasteiger partial charge is 0.312 e. The first-order chi connectivity index (χ1) is 6.77. The Morgan fingerprint density at radius 1 is 1.47 bits per heavy atom. The van der Waals surface area contributed by atoms with Crippen molar-refractivity contribution in [1.29, 1.82) is 0 Å². The molecule has 0 spiro atoms. The molecule has 0 bridgehead atoms. The lowest BCUT2D eigenvalue weighted by Gasteiger charge is -2.27. The van der Waals surface area contributed by atoms with Gasteiger partial charge in [-0.2, -0.15) is 0 Å². The van der Waals surface area contributed by atoms with Crippen molar-refractivity contribution in [3.05, 3.63) is 0 Å². The summed E-state index contributed by atoms with van der Waals surface area (Å²) in [6, 6.07) is 0. The van der Waals surface area contributed by atoms with Gasteiger partial charge in [-0.25, -0.2) is 0 Å². The molecular weight excluding hydrogens is 212 g/mol. The summed E-state index contributed by atoms with van der Waals surface area (Å²) >= 11 is 0. The summed E-state index contributed by atoms with van der Waals surface area (Å²) in [5, 5.41) is 9.87. The summed E-state index contributed by atoms with van der Waals surface area (Å²) in [4.78, 5) is 13.1. The monoisotopic (exact) mass is 233 g/mol. The fourth-order valence-electron chi connectivity index (χ4n) is 1.38. The molecule has 0 aromatic heterocycles. The highest BCUT2D eigenvalue weighted by Crippen LogP contribution is 2.14. The predicted octanol–water partition coefficient (Wildman–Crippen LogP) is 0.470. The first-order valence-electron chi connectivity index (χ1n) is 5.07. The summed E-state index contributed by atoms with van der Waals surface area (Å²) in [6.45, 7) is 5.31. The number of aliphatic hydroxyl groups is 1. The zero-order valence-electron chi connectivity index (χ0n) is 10.1. The molecule has 4 atom stereocenters. The number of amides is 1. The first kappa shape index (κ1) is 14.9. The SMILES string of the molecule is CB(P)O[C@@H](C)[C@@H](O)[C@H](C)C(=O)N(C)C. The Balaban J connectivity index is 4.30. The zero-order valence-corrected chi connectivity index (χ0v) is 11.3. The highest BCUT2D eigenvalue weighted by Gasteiger charge is 2.28. The molecule has 0 aromatic carbocycles. The molecule has 1 unspecified atom stereocenters. The van der Waals surface area contributed by atoms with Crippen LogP contribution in [0.15, 0.2) is 0 Å². The third-order valence-corrected chi connectivity index (χ3v) is 2.41. The lowest BCUT2D eigenvalue weighted by atomic mass is 9.96. The van der Waals surface area contributed by atoms with Crippen LogP contribution in [0.25, 0.3) is 0 Å². The maximum atomic E-state index is 11.6. The molecule has 6 heteroatoms. The third-order valence-electron chi connectivity index (χ3n) is 2.25. The van der Waals surface area contributed by atoms with E-state index in [1.54, 1.807) is 27.9 Å². The largest absolute Gasteiger partial charge is 0.427 e. The second kappa shape index (κ2) is 6.46. The molecule has 0 aliphatic heterocycles. The Morgan fingerprint density at radius 3 is 2.27 bits per heavy atom. The number of aliphatic hydroxyl groups excluding tert-OH is 1. The standard InChI is InChI=1S/C9H21BNO3P/c1-6(9(13)11(4)5)8(12)7(2)14-10(3)15/h6-8,12H,15H2,1-5H3/t6-,7-,8-/m0/s1. The quantitative estimate of drug-likeness (QED) is 0.554. The first-order valence-corrected chi connectivity index (χ1v) is 5.74. The van der Waals surface area contributed by atoms with Crippen LogP contribution in [-0.2, 0) is 9.45 Å². The molecule has 0 fully saturated rings. The van der Waals surface area contributed by atoms with E-state index >= 15 is 0 Å². The molecule has 1 N–H and O–H groups in total. The molecule has 0 aliphatic rings. The summed E-state index contributed by atoms with van der Waals surface area (Å²) in [5.41, 5.74) is 0. The Kier molecular flexibility index (Phi) is 6.41. The molecule has 1 amide bonds. The van der Waals surface area contributed by atoms with Gasteiger partial charge in [-0.15, -0.1) is 9.12 Å². The lowest BCUT2D eigenvalue weighted by Crippen LogP contribution is -2.42. The molecular formula is C9H21BNO3P. The van der Waals surface area contributed by atoms with Crippen molar-refractivity contribution < 1.29 is 14.6 Å².